The molecule has 3 rings (SSSR count). The van der Waals surface area contributed by atoms with Crippen LogP contribution in [-0.2, 0) is 0 Å². The highest BCUT2D eigenvalue weighted by Crippen LogP contribution is 2.67. The van der Waals surface area contributed by atoms with Gasteiger partial charge in [0.25, 0.3) is 0 Å². The molecule has 86 valence electrons. The number of rotatable bonds is 1. The fourth-order valence-electron chi connectivity index (χ4n) is 4.77. The van der Waals surface area contributed by atoms with E-state index in [1.807, 2.05) is 0 Å². The van der Waals surface area contributed by atoms with Gasteiger partial charge in [0.1, 0.15) is 0 Å². The fraction of sp³-hybridized carbons (Fsp3) is 1.00. The first kappa shape index (κ1) is 10.1. The Kier molecular flexibility index (Phi) is 1.89. The maximum atomic E-state index is 2.72. The van der Waals surface area contributed by atoms with E-state index >= 15 is 0 Å². The lowest BCUT2D eigenvalue weighted by molar-refractivity contribution is 0.0698. The molecule has 0 aromatic carbocycles. The van der Waals surface area contributed by atoms with Gasteiger partial charge in [-0.1, -0.05) is 20.8 Å². The van der Waals surface area contributed by atoms with Gasteiger partial charge in [-0.15, -0.1) is 0 Å². The van der Waals surface area contributed by atoms with Crippen molar-refractivity contribution in [1.29, 1.82) is 0 Å². The number of likely N-dealkylation sites (tertiary alicyclic amines) is 1. The van der Waals surface area contributed by atoms with Crippen LogP contribution < -0.4 is 0 Å². The van der Waals surface area contributed by atoms with E-state index in [2.05, 4.69) is 32.7 Å². The van der Waals surface area contributed by atoms with Crippen LogP contribution >= 0.6 is 0 Å². The predicted molar refractivity (Wildman–Crippen MR) is 63.8 cm³/mol. The van der Waals surface area contributed by atoms with Gasteiger partial charge in [-0.25, -0.2) is 0 Å². The van der Waals surface area contributed by atoms with Crippen molar-refractivity contribution in [2.45, 2.75) is 52.0 Å². The van der Waals surface area contributed by atoms with Crippen molar-refractivity contribution in [3.05, 3.63) is 0 Å². The van der Waals surface area contributed by atoms with Crippen molar-refractivity contribution in [1.82, 2.24) is 4.90 Å². The topological polar surface area (TPSA) is 3.24 Å². The molecule has 1 saturated heterocycles. The molecule has 1 heterocycles. The lowest BCUT2D eigenvalue weighted by Gasteiger charge is -2.43. The molecule has 2 aliphatic carbocycles. The van der Waals surface area contributed by atoms with E-state index in [1.54, 1.807) is 6.42 Å². The average Bonchev–Trinajstić information content (AvgIpc) is 2.71. The SMILES string of the molecule is CN1CCC2CC3CC3C21CC(C)(C)C. The zero-order valence-electron chi connectivity index (χ0n) is 10.7. The minimum absolute atomic E-state index is 0.494. The largest absolute Gasteiger partial charge is 0.300 e. The Morgan fingerprint density at radius 2 is 2.00 bits per heavy atom. The Bertz CT molecular complexity index is 274. The van der Waals surface area contributed by atoms with Crippen LogP contribution in [0, 0.1) is 23.2 Å². The molecular weight excluding hydrogens is 182 g/mol. The van der Waals surface area contributed by atoms with Crippen LogP contribution in [0.4, 0.5) is 0 Å². The summed E-state index contributed by atoms with van der Waals surface area (Å²) in [5, 5.41) is 0. The second-order valence-electron chi connectivity index (χ2n) is 7.47. The summed E-state index contributed by atoms with van der Waals surface area (Å²) in [6.07, 6.45) is 5.98. The monoisotopic (exact) mass is 207 g/mol. The molecule has 0 bridgehead atoms. The lowest BCUT2D eigenvalue weighted by Crippen LogP contribution is -2.48. The zero-order chi connectivity index (χ0) is 10.8. The Labute approximate surface area is 94.2 Å². The summed E-state index contributed by atoms with van der Waals surface area (Å²) in [6, 6.07) is 0. The van der Waals surface area contributed by atoms with Crippen LogP contribution in [-0.4, -0.2) is 24.0 Å². The molecule has 15 heavy (non-hydrogen) atoms. The van der Waals surface area contributed by atoms with E-state index in [-0.39, 0.29) is 0 Å². The second kappa shape index (κ2) is 2.80. The van der Waals surface area contributed by atoms with Crippen molar-refractivity contribution >= 4 is 0 Å². The van der Waals surface area contributed by atoms with Gasteiger partial charge < -0.3 is 4.90 Å². The van der Waals surface area contributed by atoms with Crippen molar-refractivity contribution in [3.63, 3.8) is 0 Å². The Hall–Kier alpha value is -0.0400. The summed E-state index contributed by atoms with van der Waals surface area (Å²) in [6.45, 7) is 8.60. The van der Waals surface area contributed by atoms with Gasteiger partial charge in [0.05, 0.1) is 0 Å². The normalized spacial score (nSPS) is 49.2. The number of fused-ring (bicyclic) bond motifs is 3. The Morgan fingerprint density at radius 1 is 1.27 bits per heavy atom. The highest BCUT2D eigenvalue weighted by molar-refractivity contribution is 5.19. The average molecular weight is 207 g/mol. The van der Waals surface area contributed by atoms with Crippen molar-refractivity contribution in [2.75, 3.05) is 13.6 Å². The smallest absolute Gasteiger partial charge is 0.0271 e. The van der Waals surface area contributed by atoms with Crippen molar-refractivity contribution < 1.29 is 0 Å². The van der Waals surface area contributed by atoms with Gasteiger partial charge in [0, 0.05) is 5.54 Å². The number of hydrogen-bond acceptors (Lipinski definition) is 1. The van der Waals surface area contributed by atoms with E-state index in [0.717, 1.165) is 17.8 Å². The zero-order valence-corrected chi connectivity index (χ0v) is 10.7. The van der Waals surface area contributed by atoms with E-state index in [4.69, 9.17) is 0 Å². The molecule has 3 aliphatic rings. The molecule has 0 radical (unpaired) electrons. The molecule has 4 unspecified atom stereocenters. The van der Waals surface area contributed by atoms with Gasteiger partial charge >= 0.3 is 0 Å². The summed E-state index contributed by atoms with van der Waals surface area (Å²) in [4.78, 5) is 2.72. The quantitative estimate of drug-likeness (QED) is 0.638. The minimum atomic E-state index is 0.494. The van der Waals surface area contributed by atoms with Gasteiger partial charge in [-0.2, -0.15) is 0 Å². The first-order valence-electron chi connectivity index (χ1n) is 6.65. The molecule has 1 heteroatoms. The molecule has 0 spiro atoms. The lowest BCUT2D eigenvalue weighted by atomic mass is 9.72. The van der Waals surface area contributed by atoms with Crippen LogP contribution in [0.1, 0.15) is 46.5 Å². The number of nitrogens with zero attached hydrogens (tertiary/aromatic N) is 1. The van der Waals surface area contributed by atoms with Crippen LogP contribution in [0.2, 0.25) is 0 Å². The molecule has 0 N–H and O–H groups in total. The van der Waals surface area contributed by atoms with Gasteiger partial charge in [-0.05, 0) is 62.4 Å². The van der Waals surface area contributed by atoms with E-state index in [9.17, 15) is 0 Å². The molecule has 1 nitrogen and oxygen atoms in total. The van der Waals surface area contributed by atoms with Gasteiger partial charge in [0.15, 0.2) is 0 Å². The summed E-state index contributed by atoms with van der Waals surface area (Å²) in [7, 11) is 2.38. The molecule has 3 fully saturated rings. The highest BCUT2D eigenvalue weighted by atomic mass is 15.2. The summed E-state index contributed by atoms with van der Waals surface area (Å²) in [5.74, 6) is 3.21. The van der Waals surface area contributed by atoms with Crippen LogP contribution in [0.3, 0.4) is 0 Å². The van der Waals surface area contributed by atoms with E-state index in [0.29, 0.717) is 11.0 Å². The summed E-state index contributed by atoms with van der Waals surface area (Å²) in [5.41, 5.74) is 1.11. The molecule has 0 amide bonds. The standard InChI is InChI=1S/C14H25N/c1-13(2,3)9-14-11(5-6-15(14)4)7-10-8-12(10)14/h10-12H,5-9H2,1-4H3. The molecular formula is C14H25N. The van der Waals surface area contributed by atoms with Crippen molar-refractivity contribution in [2.24, 2.45) is 23.2 Å². The molecule has 1 aliphatic heterocycles. The van der Waals surface area contributed by atoms with Crippen molar-refractivity contribution in [3.8, 4) is 0 Å². The van der Waals surface area contributed by atoms with E-state index in [1.165, 1.54) is 25.8 Å². The third-order valence-corrected chi connectivity index (χ3v) is 5.20. The molecule has 2 saturated carbocycles. The molecule has 0 aromatic rings. The second-order valence-corrected chi connectivity index (χ2v) is 7.47. The first-order valence-corrected chi connectivity index (χ1v) is 6.65. The van der Waals surface area contributed by atoms with Crippen LogP contribution in [0.15, 0.2) is 0 Å². The maximum absolute atomic E-state index is 2.72. The number of hydrogen-bond donors (Lipinski definition) is 0. The highest BCUT2D eigenvalue weighted by Gasteiger charge is 2.66. The third kappa shape index (κ3) is 1.32. The van der Waals surface area contributed by atoms with Crippen LogP contribution in [0.5, 0.6) is 0 Å². The molecule has 0 aromatic heterocycles. The third-order valence-electron chi connectivity index (χ3n) is 5.20. The summed E-state index contributed by atoms with van der Waals surface area (Å²) < 4.78 is 0. The summed E-state index contributed by atoms with van der Waals surface area (Å²) >= 11 is 0. The predicted octanol–water partition coefficient (Wildman–Crippen LogP) is 3.15. The fourth-order valence-corrected chi connectivity index (χ4v) is 4.77. The van der Waals surface area contributed by atoms with Gasteiger partial charge in [0.2, 0.25) is 0 Å². The first-order chi connectivity index (χ1) is 6.93. The Morgan fingerprint density at radius 3 is 2.67 bits per heavy atom. The minimum Gasteiger partial charge on any atom is -0.300 e. The Balaban J connectivity index is 1.91. The van der Waals surface area contributed by atoms with Crippen LogP contribution in [0.25, 0.3) is 0 Å². The molecule has 4 atom stereocenters. The van der Waals surface area contributed by atoms with E-state index < -0.39 is 0 Å². The maximum Gasteiger partial charge on any atom is 0.0271 e. The van der Waals surface area contributed by atoms with Gasteiger partial charge in [-0.3, -0.25) is 0 Å².